The van der Waals surface area contributed by atoms with Crippen LogP contribution >= 0.6 is 11.6 Å². The Morgan fingerprint density at radius 3 is 2.40 bits per heavy atom. The van der Waals surface area contributed by atoms with Crippen molar-refractivity contribution in [3.05, 3.63) is 71.4 Å². The van der Waals surface area contributed by atoms with Crippen molar-refractivity contribution in [2.24, 2.45) is 0 Å². The Balaban J connectivity index is 2.15. The highest BCUT2D eigenvalue weighted by molar-refractivity contribution is 6.30. The zero-order valence-corrected chi connectivity index (χ0v) is 11.3. The molecule has 0 amide bonds. The molecule has 1 heterocycles. The lowest BCUT2D eigenvalue weighted by molar-refractivity contribution is 0.110. The molecule has 1 aromatic heterocycles. The Bertz CT molecular complexity index is 759. The number of carbonyl (C=O) groups is 1. The minimum Gasteiger partial charge on any atom is -0.453 e. The standard InChI is InChI=1S/C17H11ClO2/c18-13-5-3-4-12(10-13)15-6-1-2-7-16(15)17-9-8-14(11-19)20-17/h1-11H. The lowest BCUT2D eigenvalue weighted by Crippen LogP contribution is -1.83. The van der Waals surface area contributed by atoms with Crippen LogP contribution in [0.15, 0.2) is 65.1 Å². The quantitative estimate of drug-likeness (QED) is 0.627. The van der Waals surface area contributed by atoms with E-state index in [0.717, 1.165) is 16.7 Å². The zero-order chi connectivity index (χ0) is 13.9. The van der Waals surface area contributed by atoms with Crippen LogP contribution in [-0.4, -0.2) is 6.29 Å². The summed E-state index contributed by atoms with van der Waals surface area (Å²) in [5.41, 5.74) is 2.96. The van der Waals surface area contributed by atoms with Crippen molar-refractivity contribution in [1.82, 2.24) is 0 Å². The number of aldehydes is 1. The van der Waals surface area contributed by atoms with Crippen LogP contribution in [0.4, 0.5) is 0 Å². The Morgan fingerprint density at radius 1 is 0.900 bits per heavy atom. The van der Waals surface area contributed by atoms with E-state index >= 15 is 0 Å². The summed E-state index contributed by atoms with van der Waals surface area (Å²) in [4.78, 5) is 10.7. The topological polar surface area (TPSA) is 30.2 Å². The van der Waals surface area contributed by atoms with Gasteiger partial charge in [0, 0.05) is 10.6 Å². The SMILES string of the molecule is O=Cc1ccc(-c2ccccc2-c2cccc(Cl)c2)o1. The van der Waals surface area contributed by atoms with Crippen LogP contribution in [0.2, 0.25) is 5.02 Å². The molecular formula is C17H11ClO2. The molecular weight excluding hydrogens is 272 g/mol. The molecule has 3 aromatic rings. The highest BCUT2D eigenvalue weighted by Gasteiger charge is 2.10. The third-order valence-electron chi connectivity index (χ3n) is 3.07. The molecule has 3 heteroatoms. The molecule has 0 aliphatic carbocycles. The molecule has 3 rings (SSSR count). The first-order chi connectivity index (χ1) is 9.78. The van der Waals surface area contributed by atoms with Crippen LogP contribution in [-0.2, 0) is 0 Å². The molecule has 2 aromatic carbocycles. The van der Waals surface area contributed by atoms with E-state index < -0.39 is 0 Å². The van der Waals surface area contributed by atoms with Gasteiger partial charge in [-0.05, 0) is 35.4 Å². The predicted octanol–water partition coefficient (Wildman–Crippen LogP) is 5.08. The summed E-state index contributed by atoms with van der Waals surface area (Å²) in [6, 6.07) is 19.0. The summed E-state index contributed by atoms with van der Waals surface area (Å²) >= 11 is 6.05. The second-order valence-corrected chi connectivity index (χ2v) is 4.81. The first kappa shape index (κ1) is 12.7. The number of carbonyl (C=O) groups excluding carboxylic acids is 1. The number of hydrogen-bond acceptors (Lipinski definition) is 2. The van der Waals surface area contributed by atoms with E-state index in [1.165, 1.54) is 0 Å². The summed E-state index contributed by atoms with van der Waals surface area (Å²) in [5, 5.41) is 0.685. The lowest BCUT2D eigenvalue weighted by atomic mass is 9.98. The molecule has 20 heavy (non-hydrogen) atoms. The number of benzene rings is 2. The highest BCUT2D eigenvalue weighted by Crippen LogP contribution is 2.33. The van der Waals surface area contributed by atoms with Gasteiger partial charge in [-0.25, -0.2) is 0 Å². The van der Waals surface area contributed by atoms with E-state index in [9.17, 15) is 4.79 Å². The van der Waals surface area contributed by atoms with E-state index in [4.69, 9.17) is 16.0 Å². The Morgan fingerprint density at radius 2 is 1.70 bits per heavy atom. The van der Waals surface area contributed by atoms with Gasteiger partial charge in [-0.15, -0.1) is 0 Å². The maximum Gasteiger partial charge on any atom is 0.185 e. The first-order valence-electron chi connectivity index (χ1n) is 6.18. The summed E-state index contributed by atoms with van der Waals surface area (Å²) in [6.07, 6.45) is 0.700. The minimum atomic E-state index is 0.320. The van der Waals surface area contributed by atoms with Crippen molar-refractivity contribution >= 4 is 17.9 Å². The largest absolute Gasteiger partial charge is 0.453 e. The molecule has 2 nitrogen and oxygen atoms in total. The van der Waals surface area contributed by atoms with Gasteiger partial charge in [0.2, 0.25) is 0 Å². The van der Waals surface area contributed by atoms with Gasteiger partial charge in [0.25, 0.3) is 0 Å². The molecule has 0 aliphatic rings. The second kappa shape index (κ2) is 5.35. The smallest absolute Gasteiger partial charge is 0.185 e. The third-order valence-corrected chi connectivity index (χ3v) is 3.31. The van der Waals surface area contributed by atoms with Gasteiger partial charge in [0.15, 0.2) is 12.0 Å². The van der Waals surface area contributed by atoms with Gasteiger partial charge in [0.05, 0.1) is 0 Å². The van der Waals surface area contributed by atoms with Crippen LogP contribution in [0.3, 0.4) is 0 Å². The number of rotatable bonds is 3. The summed E-state index contributed by atoms with van der Waals surface area (Å²) in [6.45, 7) is 0. The van der Waals surface area contributed by atoms with Crippen molar-refractivity contribution in [2.45, 2.75) is 0 Å². The van der Waals surface area contributed by atoms with Crippen molar-refractivity contribution < 1.29 is 9.21 Å². The van der Waals surface area contributed by atoms with E-state index in [1.54, 1.807) is 12.1 Å². The lowest BCUT2D eigenvalue weighted by Gasteiger charge is -2.08. The Hall–Kier alpha value is -2.32. The van der Waals surface area contributed by atoms with Crippen LogP contribution in [0.1, 0.15) is 10.6 Å². The fourth-order valence-electron chi connectivity index (χ4n) is 2.17. The molecule has 0 aliphatic heterocycles. The molecule has 0 bridgehead atoms. The van der Waals surface area contributed by atoms with Gasteiger partial charge in [-0.2, -0.15) is 0 Å². The molecule has 0 saturated heterocycles. The average molecular weight is 283 g/mol. The maximum absolute atomic E-state index is 10.7. The van der Waals surface area contributed by atoms with Gasteiger partial charge < -0.3 is 4.42 Å². The molecule has 98 valence electrons. The summed E-state index contributed by atoms with van der Waals surface area (Å²) < 4.78 is 5.51. The van der Waals surface area contributed by atoms with Gasteiger partial charge in [0.1, 0.15) is 5.76 Å². The predicted molar refractivity (Wildman–Crippen MR) is 80.0 cm³/mol. The zero-order valence-electron chi connectivity index (χ0n) is 10.5. The molecule has 0 atom stereocenters. The second-order valence-electron chi connectivity index (χ2n) is 4.38. The van der Waals surface area contributed by atoms with Gasteiger partial charge in [-0.3, -0.25) is 4.79 Å². The van der Waals surface area contributed by atoms with Crippen LogP contribution in [0.25, 0.3) is 22.5 Å². The van der Waals surface area contributed by atoms with E-state index in [-0.39, 0.29) is 0 Å². The fraction of sp³-hybridized carbons (Fsp3) is 0. The van der Waals surface area contributed by atoms with Crippen molar-refractivity contribution in [1.29, 1.82) is 0 Å². The monoisotopic (exact) mass is 282 g/mol. The Kier molecular flexibility index (Phi) is 3.40. The van der Waals surface area contributed by atoms with Crippen LogP contribution in [0, 0.1) is 0 Å². The third kappa shape index (κ3) is 2.38. The van der Waals surface area contributed by atoms with E-state index in [1.807, 2.05) is 48.5 Å². The van der Waals surface area contributed by atoms with Crippen LogP contribution < -0.4 is 0 Å². The molecule has 0 unspecified atom stereocenters. The summed E-state index contributed by atoms with van der Waals surface area (Å²) in [5.74, 6) is 0.989. The van der Waals surface area contributed by atoms with Gasteiger partial charge in [-0.1, -0.05) is 48.0 Å². The molecule has 0 fully saturated rings. The Labute approximate surface area is 121 Å². The average Bonchev–Trinajstić information content (AvgIpc) is 2.96. The van der Waals surface area contributed by atoms with Gasteiger partial charge >= 0.3 is 0 Å². The van der Waals surface area contributed by atoms with Crippen molar-refractivity contribution in [3.63, 3.8) is 0 Å². The van der Waals surface area contributed by atoms with Crippen molar-refractivity contribution in [2.75, 3.05) is 0 Å². The molecule has 0 radical (unpaired) electrons. The number of hydrogen-bond donors (Lipinski definition) is 0. The van der Waals surface area contributed by atoms with E-state index in [2.05, 4.69) is 0 Å². The maximum atomic E-state index is 10.7. The molecule has 0 spiro atoms. The number of halogens is 1. The minimum absolute atomic E-state index is 0.320. The van der Waals surface area contributed by atoms with E-state index in [0.29, 0.717) is 22.8 Å². The fourth-order valence-corrected chi connectivity index (χ4v) is 2.36. The molecule has 0 saturated carbocycles. The first-order valence-corrected chi connectivity index (χ1v) is 6.56. The molecule has 0 N–H and O–H groups in total. The van der Waals surface area contributed by atoms with Crippen LogP contribution in [0.5, 0.6) is 0 Å². The summed E-state index contributed by atoms with van der Waals surface area (Å²) in [7, 11) is 0. The number of furan rings is 1. The normalized spacial score (nSPS) is 10.4. The van der Waals surface area contributed by atoms with Crippen molar-refractivity contribution in [3.8, 4) is 22.5 Å². The highest BCUT2D eigenvalue weighted by atomic mass is 35.5.